The van der Waals surface area contributed by atoms with Gasteiger partial charge in [-0.05, 0) is 43.9 Å². The molecule has 100 valence electrons. The van der Waals surface area contributed by atoms with Crippen LogP contribution in [0.4, 0.5) is 0 Å². The van der Waals surface area contributed by atoms with E-state index in [0.717, 1.165) is 25.7 Å². The van der Waals surface area contributed by atoms with Crippen molar-refractivity contribution < 1.29 is 4.79 Å². The van der Waals surface area contributed by atoms with Gasteiger partial charge in [-0.2, -0.15) is 0 Å². The summed E-state index contributed by atoms with van der Waals surface area (Å²) in [5.74, 6) is 0.953. The number of amides is 1. The topological polar surface area (TPSA) is 20.3 Å². The maximum Gasteiger partial charge on any atom is 0.222 e. The maximum absolute atomic E-state index is 12.0. The first-order valence-corrected chi connectivity index (χ1v) is 7.31. The van der Waals surface area contributed by atoms with Gasteiger partial charge in [0, 0.05) is 25.4 Å². The molecule has 1 saturated carbocycles. The monoisotopic (exact) mass is 259 g/mol. The quantitative estimate of drug-likeness (QED) is 0.543. The Morgan fingerprint density at radius 1 is 1.29 bits per heavy atom. The zero-order valence-electron chi connectivity index (χ0n) is 11.5. The van der Waals surface area contributed by atoms with Crippen molar-refractivity contribution >= 4 is 17.5 Å². The average Bonchev–Trinajstić information content (AvgIpc) is 2.28. The summed E-state index contributed by atoms with van der Waals surface area (Å²) in [4.78, 5) is 13.9. The number of halogens is 1. The molecular formula is C14H26ClNO. The first kappa shape index (κ1) is 14.8. The molecule has 3 heteroatoms. The van der Waals surface area contributed by atoms with Crippen LogP contribution in [0.3, 0.4) is 0 Å². The molecule has 0 aliphatic heterocycles. The number of carbonyl (C=O) groups excluding carboxylic acids is 1. The molecular weight excluding hydrogens is 234 g/mol. The van der Waals surface area contributed by atoms with E-state index in [1.165, 1.54) is 12.8 Å². The maximum atomic E-state index is 12.0. The molecule has 1 aliphatic rings. The highest BCUT2D eigenvalue weighted by Gasteiger charge is 2.30. The van der Waals surface area contributed by atoms with Crippen LogP contribution in [0.1, 0.15) is 58.8 Å². The number of rotatable bonds is 5. The Labute approximate surface area is 111 Å². The van der Waals surface area contributed by atoms with E-state index in [0.29, 0.717) is 29.7 Å². The number of hydrogen-bond donors (Lipinski definition) is 0. The third-order valence-electron chi connectivity index (χ3n) is 4.02. The van der Waals surface area contributed by atoms with Crippen LogP contribution in [0.25, 0.3) is 0 Å². The normalized spacial score (nSPS) is 20.2. The molecule has 0 bridgehead atoms. The van der Waals surface area contributed by atoms with Gasteiger partial charge in [-0.25, -0.2) is 0 Å². The van der Waals surface area contributed by atoms with E-state index in [4.69, 9.17) is 11.6 Å². The van der Waals surface area contributed by atoms with E-state index < -0.39 is 0 Å². The molecule has 2 nitrogen and oxygen atoms in total. The van der Waals surface area contributed by atoms with Gasteiger partial charge in [0.15, 0.2) is 0 Å². The standard InChI is InChI=1S/C14H26ClNO/c1-14(2)9-7-12(8-10-14)16(3)13(17)6-4-5-11-15/h12H,4-11H2,1-3H3. The second-order valence-corrected chi connectivity index (χ2v) is 6.42. The van der Waals surface area contributed by atoms with Crippen molar-refractivity contribution in [2.24, 2.45) is 5.41 Å². The molecule has 0 aromatic heterocycles. The Bertz CT molecular complexity index is 243. The number of hydrogen-bond acceptors (Lipinski definition) is 1. The van der Waals surface area contributed by atoms with Crippen molar-refractivity contribution in [2.45, 2.75) is 64.8 Å². The third kappa shape index (κ3) is 4.87. The van der Waals surface area contributed by atoms with Gasteiger partial charge in [0.1, 0.15) is 0 Å². The van der Waals surface area contributed by atoms with Gasteiger partial charge in [0.2, 0.25) is 5.91 Å². The number of carbonyl (C=O) groups is 1. The Hall–Kier alpha value is -0.240. The lowest BCUT2D eigenvalue weighted by molar-refractivity contribution is -0.133. The summed E-state index contributed by atoms with van der Waals surface area (Å²) in [6.45, 7) is 4.65. The second kappa shape index (κ2) is 6.63. The molecule has 0 heterocycles. The summed E-state index contributed by atoms with van der Waals surface area (Å²) >= 11 is 5.62. The minimum atomic E-state index is 0.292. The van der Waals surface area contributed by atoms with Crippen LogP contribution in [0.15, 0.2) is 0 Å². The van der Waals surface area contributed by atoms with Crippen LogP contribution in [-0.2, 0) is 4.79 Å². The Morgan fingerprint density at radius 2 is 1.88 bits per heavy atom. The number of alkyl halides is 1. The SMILES string of the molecule is CN(C(=O)CCCCCl)C1CCC(C)(C)CC1. The third-order valence-corrected chi connectivity index (χ3v) is 4.29. The molecule has 0 unspecified atom stereocenters. The van der Waals surface area contributed by atoms with Gasteiger partial charge in [0.05, 0.1) is 0 Å². The van der Waals surface area contributed by atoms with E-state index >= 15 is 0 Å². The summed E-state index contributed by atoms with van der Waals surface area (Å²) in [7, 11) is 1.96. The summed E-state index contributed by atoms with van der Waals surface area (Å²) in [5, 5.41) is 0. The van der Waals surface area contributed by atoms with E-state index in [9.17, 15) is 4.79 Å². The fourth-order valence-corrected chi connectivity index (χ4v) is 2.71. The smallest absolute Gasteiger partial charge is 0.222 e. The van der Waals surface area contributed by atoms with E-state index in [-0.39, 0.29) is 0 Å². The average molecular weight is 260 g/mol. The lowest BCUT2D eigenvalue weighted by Gasteiger charge is -2.38. The molecule has 0 radical (unpaired) electrons. The Balaban J connectivity index is 2.32. The molecule has 1 amide bonds. The Morgan fingerprint density at radius 3 is 2.41 bits per heavy atom. The fourth-order valence-electron chi connectivity index (χ4n) is 2.52. The first-order chi connectivity index (χ1) is 7.96. The predicted molar refractivity (Wildman–Crippen MR) is 73.4 cm³/mol. The molecule has 1 rings (SSSR count). The molecule has 1 fully saturated rings. The van der Waals surface area contributed by atoms with Crippen LogP contribution in [-0.4, -0.2) is 29.8 Å². The largest absolute Gasteiger partial charge is 0.343 e. The van der Waals surface area contributed by atoms with Crippen molar-refractivity contribution in [3.05, 3.63) is 0 Å². The molecule has 1 aliphatic carbocycles. The zero-order chi connectivity index (χ0) is 12.9. The van der Waals surface area contributed by atoms with Crippen LogP contribution in [0, 0.1) is 5.41 Å². The van der Waals surface area contributed by atoms with Gasteiger partial charge in [-0.3, -0.25) is 4.79 Å². The highest BCUT2D eigenvalue weighted by atomic mass is 35.5. The minimum Gasteiger partial charge on any atom is -0.343 e. The van der Waals surface area contributed by atoms with Crippen molar-refractivity contribution in [1.82, 2.24) is 4.90 Å². The molecule has 0 saturated heterocycles. The molecule has 17 heavy (non-hydrogen) atoms. The lowest BCUT2D eigenvalue weighted by atomic mass is 9.75. The lowest BCUT2D eigenvalue weighted by Crippen LogP contribution is -2.40. The fraction of sp³-hybridized carbons (Fsp3) is 0.929. The molecule has 0 spiro atoms. The summed E-state index contributed by atoms with van der Waals surface area (Å²) in [6.07, 6.45) is 7.30. The van der Waals surface area contributed by atoms with E-state index in [1.807, 2.05) is 11.9 Å². The van der Waals surface area contributed by atoms with E-state index in [1.54, 1.807) is 0 Å². The van der Waals surface area contributed by atoms with Gasteiger partial charge in [0.25, 0.3) is 0 Å². The highest BCUT2D eigenvalue weighted by molar-refractivity contribution is 6.17. The summed E-state index contributed by atoms with van der Waals surface area (Å²) in [5.41, 5.74) is 0.471. The second-order valence-electron chi connectivity index (χ2n) is 6.05. The number of nitrogens with zero attached hydrogens (tertiary/aromatic N) is 1. The van der Waals surface area contributed by atoms with Crippen LogP contribution < -0.4 is 0 Å². The van der Waals surface area contributed by atoms with Crippen molar-refractivity contribution in [3.8, 4) is 0 Å². The highest BCUT2D eigenvalue weighted by Crippen LogP contribution is 2.36. The summed E-state index contributed by atoms with van der Waals surface area (Å²) < 4.78 is 0. The van der Waals surface area contributed by atoms with Gasteiger partial charge < -0.3 is 4.90 Å². The van der Waals surface area contributed by atoms with Crippen molar-refractivity contribution in [3.63, 3.8) is 0 Å². The number of unbranched alkanes of at least 4 members (excludes halogenated alkanes) is 1. The van der Waals surface area contributed by atoms with Gasteiger partial charge in [-0.15, -0.1) is 11.6 Å². The zero-order valence-corrected chi connectivity index (χ0v) is 12.2. The molecule has 0 atom stereocenters. The predicted octanol–water partition coefficient (Wildman–Crippen LogP) is 3.82. The van der Waals surface area contributed by atoms with Crippen LogP contribution in [0.5, 0.6) is 0 Å². The van der Waals surface area contributed by atoms with E-state index in [2.05, 4.69) is 13.8 Å². The molecule has 0 aromatic rings. The van der Waals surface area contributed by atoms with Crippen molar-refractivity contribution in [2.75, 3.05) is 12.9 Å². The molecule has 0 N–H and O–H groups in total. The van der Waals surface area contributed by atoms with Gasteiger partial charge >= 0.3 is 0 Å². The summed E-state index contributed by atoms with van der Waals surface area (Å²) in [6, 6.07) is 0.464. The first-order valence-electron chi connectivity index (χ1n) is 6.78. The van der Waals surface area contributed by atoms with Gasteiger partial charge in [-0.1, -0.05) is 13.8 Å². The minimum absolute atomic E-state index is 0.292. The van der Waals surface area contributed by atoms with Crippen LogP contribution >= 0.6 is 11.6 Å². The van der Waals surface area contributed by atoms with Crippen LogP contribution in [0.2, 0.25) is 0 Å². The Kier molecular flexibility index (Phi) is 5.78. The molecule has 0 aromatic carbocycles. The van der Waals surface area contributed by atoms with Crippen molar-refractivity contribution in [1.29, 1.82) is 0 Å².